The first-order valence-corrected chi connectivity index (χ1v) is 8.56. The van der Waals surface area contributed by atoms with Crippen LogP contribution < -0.4 is 0 Å². The van der Waals surface area contributed by atoms with Gasteiger partial charge in [-0.3, -0.25) is 0 Å². The van der Waals surface area contributed by atoms with E-state index < -0.39 is 0 Å². The van der Waals surface area contributed by atoms with E-state index in [0.29, 0.717) is 5.41 Å². The highest BCUT2D eigenvalue weighted by molar-refractivity contribution is 4.83. The minimum absolute atomic E-state index is 0.0646. The summed E-state index contributed by atoms with van der Waals surface area (Å²) in [5, 5.41) is 18.5. The lowest BCUT2D eigenvalue weighted by molar-refractivity contribution is 0.0554. The van der Waals surface area contributed by atoms with Gasteiger partial charge in [0.15, 0.2) is 0 Å². The second kappa shape index (κ2) is 10.6. The van der Waals surface area contributed by atoms with Gasteiger partial charge in [0.2, 0.25) is 0 Å². The fourth-order valence-corrected chi connectivity index (χ4v) is 3.31. The van der Waals surface area contributed by atoms with Gasteiger partial charge in [-0.15, -0.1) is 0 Å². The number of ether oxygens (including phenoxy) is 1. The van der Waals surface area contributed by atoms with E-state index in [4.69, 9.17) is 4.74 Å². The zero-order valence-electron chi connectivity index (χ0n) is 13.3. The molecule has 1 fully saturated rings. The molecule has 1 rings (SSSR count). The van der Waals surface area contributed by atoms with Gasteiger partial charge in [-0.1, -0.05) is 32.6 Å². The summed E-state index contributed by atoms with van der Waals surface area (Å²) in [5.74, 6) is 0.0646. The third-order valence-corrected chi connectivity index (χ3v) is 4.93. The Morgan fingerprint density at radius 3 is 2.30 bits per heavy atom. The van der Waals surface area contributed by atoms with Crippen LogP contribution in [0.1, 0.15) is 71.1 Å². The van der Waals surface area contributed by atoms with Crippen molar-refractivity contribution in [2.75, 3.05) is 26.4 Å². The maximum Gasteiger partial charge on any atom is 0.0481 e. The van der Waals surface area contributed by atoms with Crippen LogP contribution in [-0.4, -0.2) is 36.6 Å². The molecule has 0 aromatic heterocycles. The number of hydrogen-bond acceptors (Lipinski definition) is 3. The second-order valence-electron chi connectivity index (χ2n) is 6.55. The first-order valence-electron chi connectivity index (χ1n) is 8.56. The monoisotopic (exact) mass is 286 g/mol. The lowest BCUT2D eigenvalue weighted by Gasteiger charge is -2.38. The lowest BCUT2D eigenvalue weighted by atomic mass is 9.68. The Bertz CT molecular complexity index is 220. The van der Waals surface area contributed by atoms with E-state index in [1.165, 1.54) is 38.5 Å². The predicted octanol–water partition coefficient (Wildman–Crippen LogP) is 3.52. The first kappa shape index (κ1) is 17.9. The van der Waals surface area contributed by atoms with Crippen molar-refractivity contribution in [3.63, 3.8) is 0 Å². The molecule has 20 heavy (non-hydrogen) atoms. The van der Waals surface area contributed by atoms with Crippen LogP contribution >= 0.6 is 0 Å². The topological polar surface area (TPSA) is 49.7 Å². The Hall–Kier alpha value is -0.120. The Kier molecular flexibility index (Phi) is 9.49. The molecule has 1 aliphatic rings. The molecule has 2 N–H and O–H groups in total. The highest BCUT2D eigenvalue weighted by atomic mass is 16.5. The van der Waals surface area contributed by atoms with Crippen LogP contribution in [-0.2, 0) is 4.74 Å². The largest absolute Gasteiger partial charge is 0.396 e. The van der Waals surface area contributed by atoms with Crippen molar-refractivity contribution in [1.82, 2.24) is 0 Å². The molecule has 0 saturated heterocycles. The molecular formula is C17H34O3. The average Bonchev–Trinajstić information content (AvgIpc) is 2.49. The van der Waals surface area contributed by atoms with E-state index in [1.807, 2.05) is 0 Å². The number of aliphatic hydroxyl groups excluding tert-OH is 2. The van der Waals surface area contributed by atoms with E-state index >= 15 is 0 Å². The van der Waals surface area contributed by atoms with E-state index in [0.717, 1.165) is 38.9 Å². The molecule has 3 nitrogen and oxygen atoms in total. The van der Waals surface area contributed by atoms with Gasteiger partial charge in [0, 0.05) is 32.3 Å². The normalized spacial score (nSPS) is 18.6. The molecule has 1 saturated carbocycles. The van der Waals surface area contributed by atoms with E-state index in [-0.39, 0.29) is 19.1 Å². The molecule has 0 heterocycles. The predicted molar refractivity (Wildman–Crippen MR) is 82.8 cm³/mol. The number of hydrogen-bond donors (Lipinski definition) is 2. The number of unbranched alkanes of at least 4 members (excludes halogenated alkanes) is 1. The third kappa shape index (κ3) is 6.55. The van der Waals surface area contributed by atoms with Gasteiger partial charge >= 0.3 is 0 Å². The maximum absolute atomic E-state index is 9.23. The van der Waals surface area contributed by atoms with E-state index in [1.54, 1.807) is 0 Å². The quantitative estimate of drug-likeness (QED) is 0.571. The lowest BCUT2D eigenvalue weighted by Crippen LogP contribution is -2.28. The highest BCUT2D eigenvalue weighted by Crippen LogP contribution is 2.43. The fourth-order valence-electron chi connectivity index (χ4n) is 3.31. The zero-order valence-corrected chi connectivity index (χ0v) is 13.3. The molecule has 0 amide bonds. The molecule has 0 unspecified atom stereocenters. The van der Waals surface area contributed by atoms with Crippen LogP contribution in [0.3, 0.4) is 0 Å². The minimum Gasteiger partial charge on any atom is -0.396 e. The fraction of sp³-hybridized carbons (Fsp3) is 1.00. The standard InChI is InChI=1S/C17H34O3/c1-2-3-12-20-13-11-17(8-5-4-6-9-17)10-7-16(14-18)15-19/h16,18-19H,2-15H2,1H3. The van der Waals surface area contributed by atoms with Crippen LogP contribution in [0.2, 0.25) is 0 Å². The Morgan fingerprint density at radius 1 is 1.00 bits per heavy atom. The summed E-state index contributed by atoms with van der Waals surface area (Å²) in [7, 11) is 0. The summed E-state index contributed by atoms with van der Waals surface area (Å²) in [6.45, 7) is 4.18. The molecule has 1 aliphatic carbocycles. The Labute approximate surface area is 124 Å². The summed E-state index contributed by atoms with van der Waals surface area (Å²) in [5.41, 5.74) is 0.410. The Balaban J connectivity index is 2.36. The van der Waals surface area contributed by atoms with Crippen LogP contribution in [0.5, 0.6) is 0 Å². The van der Waals surface area contributed by atoms with Gasteiger partial charge in [-0.2, -0.15) is 0 Å². The summed E-state index contributed by atoms with van der Waals surface area (Å²) < 4.78 is 5.76. The molecular weight excluding hydrogens is 252 g/mol. The summed E-state index contributed by atoms with van der Waals surface area (Å²) in [6.07, 6.45) is 12.2. The third-order valence-electron chi connectivity index (χ3n) is 4.93. The molecule has 0 aliphatic heterocycles. The number of rotatable bonds is 11. The van der Waals surface area contributed by atoms with Crippen molar-refractivity contribution in [1.29, 1.82) is 0 Å². The molecule has 0 aromatic carbocycles. The van der Waals surface area contributed by atoms with Gasteiger partial charge < -0.3 is 14.9 Å². The van der Waals surface area contributed by atoms with Crippen LogP contribution in [0.4, 0.5) is 0 Å². The van der Waals surface area contributed by atoms with Crippen LogP contribution in [0, 0.1) is 11.3 Å². The average molecular weight is 286 g/mol. The van der Waals surface area contributed by atoms with E-state index in [9.17, 15) is 10.2 Å². The molecule has 0 spiro atoms. The van der Waals surface area contributed by atoms with Crippen molar-refractivity contribution < 1.29 is 14.9 Å². The SMILES string of the molecule is CCCCOCCC1(CCC(CO)CO)CCCCC1. The van der Waals surface area contributed by atoms with Crippen molar-refractivity contribution in [2.45, 2.75) is 71.1 Å². The molecule has 0 atom stereocenters. The van der Waals surface area contributed by atoms with Crippen molar-refractivity contribution in [3.05, 3.63) is 0 Å². The van der Waals surface area contributed by atoms with Gasteiger partial charge in [0.1, 0.15) is 0 Å². The summed E-state index contributed by atoms with van der Waals surface area (Å²) in [4.78, 5) is 0. The van der Waals surface area contributed by atoms with Crippen LogP contribution in [0.15, 0.2) is 0 Å². The van der Waals surface area contributed by atoms with Gasteiger partial charge in [-0.25, -0.2) is 0 Å². The first-order chi connectivity index (χ1) is 9.76. The molecule has 120 valence electrons. The van der Waals surface area contributed by atoms with Gasteiger partial charge in [0.25, 0.3) is 0 Å². The van der Waals surface area contributed by atoms with Crippen molar-refractivity contribution >= 4 is 0 Å². The summed E-state index contributed by atoms with van der Waals surface area (Å²) >= 11 is 0. The molecule has 0 aromatic rings. The Morgan fingerprint density at radius 2 is 1.70 bits per heavy atom. The second-order valence-corrected chi connectivity index (χ2v) is 6.55. The van der Waals surface area contributed by atoms with E-state index in [2.05, 4.69) is 6.92 Å². The highest BCUT2D eigenvalue weighted by Gasteiger charge is 2.31. The summed E-state index contributed by atoms with van der Waals surface area (Å²) in [6, 6.07) is 0. The van der Waals surface area contributed by atoms with Crippen LogP contribution in [0.25, 0.3) is 0 Å². The maximum atomic E-state index is 9.23. The van der Waals surface area contributed by atoms with Crippen molar-refractivity contribution in [3.8, 4) is 0 Å². The van der Waals surface area contributed by atoms with Crippen molar-refractivity contribution in [2.24, 2.45) is 11.3 Å². The molecule has 0 radical (unpaired) electrons. The minimum atomic E-state index is 0.0646. The smallest absolute Gasteiger partial charge is 0.0481 e. The number of aliphatic hydroxyl groups is 2. The zero-order chi connectivity index (χ0) is 14.7. The molecule has 3 heteroatoms. The molecule has 0 bridgehead atoms. The van der Waals surface area contributed by atoms with Gasteiger partial charge in [0.05, 0.1) is 0 Å². The van der Waals surface area contributed by atoms with Gasteiger partial charge in [-0.05, 0) is 43.9 Å².